The van der Waals surface area contributed by atoms with E-state index in [-0.39, 0.29) is 6.03 Å². The summed E-state index contributed by atoms with van der Waals surface area (Å²) in [4.78, 5) is 13.7. The molecule has 0 bridgehead atoms. The minimum Gasteiger partial charge on any atom is -0.455 e. The average molecular weight is 335 g/mol. The van der Waals surface area contributed by atoms with Gasteiger partial charge in [0.25, 0.3) is 0 Å². The second kappa shape index (κ2) is 8.41. The second-order valence-corrected chi connectivity index (χ2v) is 5.34. The largest absolute Gasteiger partial charge is 0.455 e. The molecule has 2 rings (SSSR count). The van der Waals surface area contributed by atoms with Gasteiger partial charge in [-0.2, -0.15) is 0 Å². The molecule has 0 heterocycles. The zero-order valence-corrected chi connectivity index (χ0v) is 13.8. The topological polar surface area (TPSA) is 50.8 Å². The molecule has 0 aliphatic carbocycles. The van der Waals surface area contributed by atoms with Crippen LogP contribution in [0.2, 0.25) is 5.02 Å². The fourth-order valence-electron chi connectivity index (χ4n) is 1.84. The minimum atomic E-state index is -0.262. The smallest absolute Gasteiger partial charge is 0.321 e. The van der Waals surface area contributed by atoms with Crippen molar-refractivity contribution in [3.8, 4) is 11.5 Å². The summed E-state index contributed by atoms with van der Waals surface area (Å²) in [5.74, 6) is 1.20. The van der Waals surface area contributed by atoms with Crippen LogP contribution in [0.5, 0.6) is 11.5 Å². The summed E-state index contributed by atoms with van der Waals surface area (Å²) in [6.07, 6.45) is 0. The lowest BCUT2D eigenvalue weighted by Gasteiger charge is -2.19. The predicted octanol–water partition coefficient (Wildman–Crippen LogP) is 4.24. The molecule has 2 aromatic rings. The van der Waals surface area contributed by atoms with Gasteiger partial charge < -0.3 is 19.7 Å². The Bertz CT molecular complexity index is 650. The van der Waals surface area contributed by atoms with Crippen LogP contribution in [-0.2, 0) is 4.74 Å². The molecular formula is C17H19ClN2O3. The van der Waals surface area contributed by atoms with Gasteiger partial charge in [0.05, 0.1) is 12.3 Å². The van der Waals surface area contributed by atoms with Gasteiger partial charge in [-0.3, -0.25) is 0 Å². The predicted molar refractivity (Wildman–Crippen MR) is 91.5 cm³/mol. The molecule has 122 valence electrons. The van der Waals surface area contributed by atoms with Crippen molar-refractivity contribution in [2.24, 2.45) is 0 Å². The van der Waals surface area contributed by atoms with Crippen molar-refractivity contribution in [3.63, 3.8) is 0 Å². The van der Waals surface area contributed by atoms with E-state index in [1.807, 2.05) is 30.3 Å². The van der Waals surface area contributed by atoms with E-state index >= 15 is 0 Å². The molecule has 0 unspecified atom stereocenters. The lowest BCUT2D eigenvalue weighted by atomic mass is 10.3. The molecule has 6 heteroatoms. The zero-order valence-electron chi connectivity index (χ0n) is 13.1. The molecular weight excluding hydrogens is 316 g/mol. The summed E-state index contributed by atoms with van der Waals surface area (Å²) in [5, 5.41) is 3.32. The van der Waals surface area contributed by atoms with E-state index in [1.54, 1.807) is 32.4 Å². The monoisotopic (exact) mass is 334 g/mol. The zero-order chi connectivity index (χ0) is 16.7. The van der Waals surface area contributed by atoms with E-state index in [1.165, 1.54) is 4.90 Å². The lowest BCUT2D eigenvalue weighted by molar-refractivity contribution is 0.165. The van der Waals surface area contributed by atoms with Crippen LogP contribution in [-0.4, -0.2) is 38.2 Å². The molecule has 1 N–H and O–H groups in total. The molecule has 0 saturated carbocycles. The molecule has 0 radical (unpaired) electrons. The first kappa shape index (κ1) is 17.1. The SMILES string of the molecule is COCCN(C)C(=O)Nc1cc(Cl)ccc1Oc1ccccc1. The standard InChI is InChI=1S/C17H19ClN2O3/c1-20(10-11-22-2)17(21)19-15-12-13(18)8-9-16(15)23-14-6-4-3-5-7-14/h3-9,12H,10-11H2,1-2H3,(H,19,21). The highest BCUT2D eigenvalue weighted by molar-refractivity contribution is 6.31. The van der Waals surface area contributed by atoms with Gasteiger partial charge in [0.1, 0.15) is 5.75 Å². The molecule has 0 aromatic heterocycles. The number of nitrogens with zero attached hydrogens (tertiary/aromatic N) is 1. The fourth-order valence-corrected chi connectivity index (χ4v) is 2.02. The van der Waals surface area contributed by atoms with Crippen molar-refractivity contribution < 1.29 is 14.3 Å². The molecule has 0 saturated heterocycles. The van der Waals surface area contributed by atoms with E-state index in [9.17, 15) is 4.79 Å². The lowest BCUT2D eigenvalue weighted by Crippen LogP contribution is -2.33. The number of para-hydroxylation sites is 1. The van der Waals surface area contributed by atoms with Gasteiger partial charge in [-0.1, -0.05) is 29.8 Å². The van der Waals surface area contributed by atoms with Crippen molar-refractivity contribution in [2.45, 2.75) is 0 Å². The number of benzene rings is 2. The maximum atomic E-state index is 12.2. The Morgan fingerprint density at radius 3 is 2.65 bits per heavy atom. The third kappa shape index (κ3) is 5.16. The van der Waals surface area contributed by atoms with Gasteiger partial charge in [0.15, 0.2) is 5.75 Å². The van der Waals surface area contributed by atoms with Crippen LogP contribution < -0.4 is 10.1 Å². The third-order valence-corrected chi connectivity index (χ3v) is 3.37. The molecule has 0 aliphatic heterocycles. The molecule has 5 nitrogen and oxygen atoms in total. The average Bonchev–Trinajstić information content (AvgIpc) is 2.56. The summed E-state index contributed by atoms with van der Waals surface area (Å²) in [7, 11) is 3.28. The number of nitrogens with one attached hydrogen (secondary N) is 1. The summed E-state index contributed by atoms with van der Waals surface area (Å²) >= 11 is 6.03. The first-order valence-corrected chi connectivity index (χ1v) is 7.51. The molecule has 0 spiro atoms. The van der Waals surface area contributed by atoms with E-state index in [4.69, 9.17) is 21.1 Å². The second-order valence-electron chi connectivity index (χ2n) is 4.90. The number of ether oxygens (including phenoxy) is 2. The van der Waals surface area contributed by atoms with Crippen LogP contribution in [0.1, 0.15) is 0 Å². The maximum absolute atomic E-state index is 12.2. The van der Waals surface area contributed by atoms with Crippen LogP contribution >= 0.6 is 11.6 Å². The number of urea groups is 1. The molecule has 2 aromatic carbocycles. The Morgan fingerprint density at radius 1 is 1.22 bits per heavy atom. The summed E-state index contributed by atoms with van der Waals surface area (Å²) in [5.41, 5.74) is 0.510. The number of hydrogen-bond donors (Lipinski definition) is 1. The van der Waals surface area contributed by atoms with Gasteiger partial charge in [-0.25, -0.2) is 4.79 Å². The van der Waals surface area contributed by atoms with E-state index in [0.717, 1.165) is 0 Å². The van der Waals surface area contributed by atoms with Crippen LogP contribution in [0.4, 0.5) is 10.5 Å². The van der Waals surface area contributed by atoms with Crippen LogP contribution in [0.25, 0.3) is 0 Å². The van der Waals surface area contributed by atoms with Crippen molar-refractivity contribution in [1.82, 2.24) is 4.90 Å². The van der Waals surface area contributed by atoms with Gasteiger partial charge in [-0.05, 0) is 30.3 Å². The molecule has 0 fully saturated rings. The normalized spacial score (nSPS) is 10.2. The third-order valence-electron chi connectivity index (χ3n) is 3.13. The Balaban J connectivity index is 2.14. The van der Waals surface area contributed by atoms with E-state index in [2.05, 4.69) is 5.32 Å². The maximum Gasteiger partial charge on any atom is 0.321 e. The van der Waals surface area contributed by atoms with E-state index in [0.29, 0.717) is 35.4 Å². The first-order chi connectivity index (χ1) is 11.1. The van der Waals surface area contributed by atoms with Crippen LogP contribution in [0.3, 0.4) is 0 Å². The molecule has 23 heavy (non-hydrogen) atoms. The highest BCUT2D eigenvalue weighted by Crippen LogP contribution is 2.32. The van der Waals surface area contributed by atoms with Crippen LogP contribution in [0.15, 0.2) is 48.5 Å². The number of hydrogen-bond acceptors (Lipinski definition) is 3. The summed E-state index contributed by atoms with van der Waals surface area (Å²) in [6, 6.07) is 14.2. The number of likely N-dealkylation sites (N-methyl/N-ethyl adjacent to an activating group) is 1. The van der Waals surface area contributed by atoms with Gasteiger partial charge in [0, 0.05) is 25.7 Å². The number of halogens is 1. The number of anilines is 1. The molecule has 0 atom stereocenters. The molecule has 2 amide bonds. The first-order valence-electron chi connectivity index (χ1n) is 7.13. The highest BCUT2D eigenvalue weighted by atomic mass is 35.5. The van der Waals surface area contributed by atoms with Gasteiger partial charge >= 0.3 is 6.03 Å². The summed E-state index contributed by atoms with van der Waals surface area (Å²) < 4.78 is 10.8. The van der Waals surface area contributed by atoms with Crippen molar-refractivity contribution in [1.29, 1.82) is 0 Å². The number of methoxy groups -OCH3 is 1. The van der Waals surface area contributed by atoms with Gasteiger partial charge in [0.2, 0.25) is 0 Å². The van der Waals surface area contributed by atoms with Crippen molar-refractivity contribution in [3.05, 3.63) is 53.6 Å². The van der Waals surface area contributed by atoms with Crippen molar-refractivity contribution in [2.75, 3.05) is 32.6 Å². The number of carbonyl (C=O) groups excluding carboxylic acids is 1. The Kier molecular flexibility index (Phi) is 6.26. The Labute approximate surface area is 140 Å². The fraction of sp³-hybridized carbons (Fsp3) is 0.235. The number of carbonyl (C=O) groups is 1. The Hall–Kier alpha value is -2.24. The highest BCUT2D eigenvalue weighted by Gasteiger charge is 2.13. The molecule has 0 aliphatic rings. The quantitative estimate of drug-likeness (QED) is 0.859. The van der Waals surface area contributed by atoms with Gasteiger partial charge in [-0.15, -0.1) is 0 Å². The number of amides is 2. The number of rotatable bonds is 6. The minimum absolute atomic E-state index is 0.262. The van der Waals surface area contributed by atoms with Crippen molar-refractivity contribution >= 4 is 23.3 Å². The van der Waals surface area contributed by atoms with Crippen LogP contribution in [0, 0.1) is 0 Å². The Morgan fingerprint density at radius 2 is 1.96 bits per heavy atom. The van der Waals surface area contributed by atoms with E-state index < -0.39 is 0 Å². The summed E-state index contributed by atoms with van der Waals surface area (Å²) in [6.45, 7) is 0.949.